The average Bonchev–Trinajstić information content (AvgIpc) is 3.49. The first-order valence-electron chi connectivity index (χ1n) is 8.55. The summed E-state index contributed by atoms with van der Waals surface area (Å²) in [5.74, 6) is 1.81. The van der Waals surface area contributed by atoms with Crippen molar-refractivity contribution in [3.05, 3.63) is 47.5 Å². The molecule has 0 bridgehead atoms. The maximum atomic E-state index is 5.75. The number of ether oxygens (including phenoxy) is 4. The summed E-state index contributed by atoms with van der Waals surface area (Å²) in [6, 6.07) is 12.5. The highest BCUT2D eigenvalue weighted by Gasteiger charge is 2.23. The van der Waals surface area contributed by atoms with Gasteiger partial charge in [0.15, 0.2) is 0 Å². The molecule has 5 heteroatoms. The maximum absolute atomic E-state index is 5.75. The van der Waals surface area contributed by atoms with E-state index in [9.17, 15) is 0 Å². The van der Waals surface area contributed by atoms with Crippen LogP contribution in [-0.4, -0.2) is 38.6 Å². The van der Waals surface area contributed by atoms with Crippen molar-refractivity contribution in [3.8, 4) is 11.5 Å². The van der Waals surface area contributed by atoms with E-state index < -0.39 is 0 Å². The molecule has 2 unspecified atom stereocenters. The maximum Gasteiger partial charge on any atom is 0.119 e. The topological polar surface area (TPSA) is 43.5 Å². The van der Waals surface area contributed by atoms with Gasteiger partial charge >= 0.3 is 0 Å². The Morgan fingerprint density at radius 3 is 1.64 bits per heavy atom. The highest BCUT2D eigenvalue weighted by molar-refractivity contribution is 7.99. The number of rotatable bonds is 8. The first-order valence-corrected chi connectivity index (χ1v) is 9.37. The van der Waals surface area contributed by atoms with Gasteiger partial charge in [0.05, 0.1) is 13.2 Å². The van der Waals surface area contributed by atoms with Crippen molar-refractivity contribution in [2.24, 2.45) is 0 Å². The Morgan fingerprint density at radius 2 is 1.28 bits per heavy atom. The van der Waals surface area contributed by atoms with Gasteiger partial charge in [-0.15, -0.1) is 0 Å². The van der Waals surface area contributed by atoms with Gasteiger partial charge in [-0.1, -0.05) is 11.8 Å². The molecule has 0 aliphatic carbocycles. The molecule has 0 amide bonds. The zero-order valence-electron chi connectivity index (χ0n) is 14.5. The SMILES string of the molecule is Cc1cc(OCC2CO2)ccc1Sc1ccc(OCC2CO2)cc1C. The minimum absolute atomic E-state index is 0.282. The summed E-state index contributed by atoms with van der Waals surface area (Å²) in [4.78, 5) is 2.47. The van der Waals surface area contributed by atoms with Gasteiger partial charge in [-0.3, -0.25) is 0 Å². The van der Waals surface area contributed by atoms with Crippen LogP contribution in [0, 0.1) is 13.8 Å². The molecule has 25 heavy (non-hydrogen) atoms. The quantitative estimate of drug-likeness (QED) is 0.667. The lowest BCUT2D eigenvalue weighted by atomic mass is 10.2. The molecule has 2 aliphatic heterocycles. The van der Waals surface area contributed by atoms with E-state index >= 15 is 0 Å². The van der Waals surface area contributed by atoms with Gasteiger partial charge in [0.2, 0.25) is 0 Å². The predicted molar refractivity (Wildman–Crippen MR) is 97.0 cm³/mol. The third kappa shape index (κ3) is 4.69. The summed E-state index contributed by atoms with van der Waals surface area (Å²) in [6.07, 6.45) is 0.563. The highest BCUT2D eigenvalue weighted by atomic mass is 32.2. The van der Waals surface area contributed by atoms with E-state index in [0.717, 1.165) is 24.7 Å². The van der Waals surface area contributed by atoms with Crippen LogP contribution in [0.25, 0.3) is 0 Å². The van der Waals surface area contributed by atoms with E-state index in [2.05, 4.69) is 38.1 Å². The van der Waals surface area contributed by atoms with Crippen molar-refractivity contribution in [1.82, 2.24) is 0 Å². The molecular weight excluding hydrogens is 336 g/mol. The Labute approximate surface area is 152 Å². The Morgan fingerprint density at radius 1 is 0.840 bits per heavy atom. The van der Waals surface area contributed by atoms with Crippen LogP contribution in [0.1, 0.15) is 11.1 Å². The van der Waals surface area contributed by atoms with Crippen molar-refractivity contribution < 1.29 is 18.9 Å². The third-order valence-electron chi connectivity index (χ3n) is 4.19. The number of hydrogen-bond acceptors (Lipinski definition) is 5. The molecule has 2 aliphatic rings. The standard InChI is InChI=1S/C20H22O4S/c1-13-7-15(21-9-17-11-23-17)3-5-19(13)25-20-6-4-16(8-14(20)2)22-10-18-12-24-18/h3-8,17-18H,9-12H2,1-2H3. The second-order valence-corrected chi connectivity index (χ2v) is 7.57. The Hall–Kier alpha value is -1.69. The molecule has 132 valence electrons. The Bertz CT molecular complexity index is 690. The van der Waals surface area contributed by atoms with E-state index in [-0.39, 0.29) is 12.2 Å². The lowest BCUT2D eigenvalue weighted by Gasteiger charge is -2.12. The van der Waals surface area contributed by atoms with Crippen LogP contribution in [0.2, 0.25) is 0 Å². The van der Waals surface area contributed by atoms with Gasteiger partial charge in [0.25, 0.3) is 0 Å². The summed E-state index contributed by atoms with van der Waals surface area (Å²) in [5.41, 5.74) is 2.43. The van der Waals surface area contributed by atoms with Gasteiger partial charge < -0.3 is 18.9 Å². The molecule has 2 aromatic rings. The largest absolute Gasteiger partial charge is 0.491 e. The predicted octanol–water partition coefficient (Wildman–Crippen LogP) is 4.01. The van der Waals surface area contributed by atoms with Crippen LogP contribution < -0.4 is 9.47 Å². The zero-order valence-corrected chi connectivity index (χ0v) is 15.3. The van der Waals surface area contributed by atoms with Crippen molar-refractivity contribution in [3.63, 3.8) is 0 Å². The highest BCUT2D eigenvalue weighted by Crippen LogP contribution is 2.35. The summed E-state index contributed by atoms with van der Waals surface area (Å²) < 4.78 is 21.8. The molecular formula is C20H22O4S. The lowest BCUT2D eigenvalue weighted by Crippen LogP contribution is -2.04. The zero-order chi connectivity index (χ0) is 17.2. The van der Waals surface area contributed by atoms with Gasteiger partial charge in [-0.25, -0.2) is 0 Å². The summed E-state index contributed by atoms with van der Waals surface area (Å²) in [5, 5.41) is 0. The van der Waals surface area contributed by atoms with Gasteiger partial charge in [0, 0.05) is 9.79 Å². The van der Waals surface area contributed by atoms with Crippen molar-refractivity contribution in [2.45, 2.75) is 35.8 Å². The van der Waals surface area contributed by atoms with Gasteiger partial charge in [0.1, 0.15) is 36.9 Å². The van der Waals surface area contributed by atoms with E-state index in [1.54, 1.807) is 11.8 Å². The lowest BCUT2D eigenvalue weighted by molar-refractivity contribution is 0.263. The fourth-order valence-electron chi connectivity index (χ4n) is 2.48. The average molecular weight is 358 g/mol. The molecule has 0 spiro atoms. The van der Waals surface area contributed by atoms with E-state index in [4.69, 9.17) is 18.9 Å². The van der Waals surface area contributed by atoms with Gasteiger partial charge in [-0.2, -0.15) is 0 Å². The summed E-state index contributed by atoms with van der Waals surface area (Å²) in [6.45, 7) is 7.15. The first-order chi connectivity index (χ1) is 12.2. The van der Waals surface area contributed by atoms with E-state index in [0.29, 0.717) is 13.2 Å². The summed E-state index contributed by atoms with van der Waals surface area (Å²) in [7, 11) is 0. The molecule has 2 aromatic carbocycles. The van der Waals surface area contributed by atoms with Crippen molar-refractivity contribution in [1.29, 1.82) is 0 Å². The number of benzene rings is 2. The first kappa shape index (κ1) is 16.8. The smallest absolute Gasteiger partial charge is 0.119 e. The minimum Gasteiger partial charge on any atom is -0.491 e. The molecule has 2 atom stereocenters. The monoisotopic (exact) mass is 358 g/mol. The van der Waals surface area contributed by atoms with Crippen LogP contribution in [-0.2, 0) is 9.47 Å². The fraction of sp³-hybridized carbons (Fsp3) is 0.400. The van der Waals surface area contributed by atoms with Crippen molar-refractivity contribution in [2.75, 3.05) is 26.4 Å². The molecule has 2 fully saturated rings. The Balaban J connectivity index is 1.39. The molecule has 4 rings (SSSR count). The van der Waals surface area contributed by atoms with Crippen LogP contribution >= 0.6 is 11.8 Å². The van der Waals surface area contributed by atoms with Gasteiger partial charge in [-0.05, 0) is 61.4 Å². The van der Waals surface area contributed by atoms with Crippen LogP contribution in [0.4, 0.5) is 0 Å². The van der Waals surface area contributed by atoms with Crippen LogP contribution in [0.15, 0.2) is 46.2 Å². The van der Waals surface area contributed by atoms with Crippen molar-refractivity contribution >= 4 is 11.8 Å². The molecule has 4 nitrogen and oxygen atoms in total. The second-order valence-electron chi connectivity index (χ2n) is 6.49. The van der Waals surface area contributed by atoms with E-state index in [1.165, 1.54) is 20.9 Å². The molecule has 0 N–H and O–H groups in total. The van der Waals surface area contributed by atoms with E-state index in [1.807, 2.05) is 12.1 Å². The van der Waals surface area contributed by atoms with Crippen LogP contribution in [0.5, 0.6) is 11.5 Å². The normalized spacial score (nSPS) is 21.0. The molecule has 2 heterocycles. The molecule has 0 radical (unpaired) electrons. The molecule has 2 saturated heterocycles. The third-order valence-corrected chi connectivity index (χ3v) is 5.55. The van der Waals surface area contributed by atoms with Crippen LogP contribution in [0.3, 0.4) is 0 Å². The Kier molecular flexibility index (Phi) is 4.88. The minimum atomic E-state index is 0.282. The summed E-state index contributed by atoms with van der Waals surface area (Å²) >= 11 is 1.77. The number of epoxide rings is 2. The fourth-order valence-corrected chi connectivity index (χ4v) is 3.43. The second kappa shape index (κ2) is 7.28. The number of aryl methyl sites for hydroxylation is 2. The number of hydrogen-bond donors (Lipinski definition) is 0. The molecule has 0 saturated carbocycles. The molecule has 0 aromatic heterocycles.